The SMILES string of the molecule is C=CCSCCNC(=NC)N(C)CCOc1ccccc1.I. The number of halogens is 1. The summed E-state index contributed by atoms with van der Waals surface area (Å²) in [7, 11) is 3.81. The van der Waals surface area contributed by atoms with E-state index in [0.29, 0.717) is 6.61 Å². The quantitative estimate of drug-likeness (QED) is 0.213. The molecule has 1 aromatic rings. The second-order valence-corrected chi connectivity index (χ2v) is 5.57. The predicted molar refractivity (Wildman–Crippen MR) is 109 cm³/mol. The zero-order valence-electron chi connectivity index (χ0n) is 13.3. The molecule has 0 atom stereocenters. The van der Waals surface area contributed by atoms with E-state index < -0.39 is 0 Å². The Morgan fingerprint density at radius 2 is 2.14 bits per heavy atom. The molecule has 0 aromatic heterocycles. The first-order valence-electron chi connectivity index (χ1n) is 7.06. The largest absolute Gasteiger partial charge is 0.492 e. The van der Waals surface area contributed by atoms with Gasteiger partial charge >= 0.3 is 0 Å². The number of hydrogen-bond acceptors (Lipinski definition) is 3. The van der Waals surface area contributed by atoms with E-state index in [1.165, 1.54) is 0 Å². The second-order valence-electron chi connectivity index (χ2n) is 4.42. The average Bonchev–Trinajstić information content (AvgIpc) is 2.52. The molecule has 0 heterocycles. The highest BCUT2D eigenvalue weighted by Gasteiger charge is 2.05. The third-order valence-electron chi connectivity index (χ3n) is 2.78. The lowest BCUT2D eigenvalue weighted by atomic mass is 10.3. The van der Waals surface area contributed by atoms with Crippen LogP contribution in [0.1, 0.15) is 0 Å². The number of ether oxygens (including phenoxy) is 1. The van der Waals surface area contributed by atoms with Crippen molar-refractivity contribution in [1.82, 2.24) is 10.2 Å². The highest BCUT2D eigenvalue weighted by atomic mass is 127. The van der Waals surface area contributed by atoms with E-state index in [2.05, 4.69) is 21.8 Å². The van der Waals surface area contributed by atoms with Gasteiger partial charge in [0.25, 0.3) is 0 Å². The number of thioether (sulfide) groups is 1. The summed E-state index contributed by atoms with van der Waals surface area (Å²) >= 11 is 1.85. The summed E-state index contributed by atoms with van der Waals surface area (Å²) < 4.78 is 5.69. The maximum Gasteiger partial charge on any atom is 0.193 e. The lowest BCUT2D eigenvalue weighted by Gasteiger charge is -2.22. The smallest absolute Gasteiger partial charge is 0.193 e. The van der Waals surface area contributed by atoms with Gasteiger partial charge < -0.3 is 15.0 Å². The van der Waals surface area contributed by atoms with Crippen LogP contribution in [0.4, 0.5) is 0 Å². The van der Waals surface area contributed by atoms with Crippen molar-refractivity contribution in [2.45, 2.75) is 0 Å². The zero-order valence-corrected chi connectivity index (χ0v) is 16.5. The number of benzene rings is 1. The van der Waals surface area contributed by atoms with Crippen LogP contribution in [0.15, 0.2) is 48.0 Å². The molecule has 6 heteroatoms. The van der Waals surface area contributed by atoms with Gasteiger partial charge in [-0.3, -0.25) is 4.99 Å². The third kappa shape index (κ3) is 9.19. The molecule has 0 radical (unpaired) electrons. The Balaban J connectivity index is 0.00000441. The van der Waals surface area contributed by atoms with Gasteiger partial charge in [-0.1, -0.05) is 24.3 Å². The maximum atomic E-state index is 5.69. The van der Waals surface area contributed by atoms with E-state index in [1.54, 1.807) is 7.05 Å². The van der Waals surface area contributed by atoms with Crippen LogP contribution in [-0.4, -0.2) is 56.2 Å². The Morgan fingerprint density at radius 1 is 1.41 bits per heavy atom. The fraction of sp³-hybridized carbons (Fsp3) is 0.438. The number of hydrogen-bond donors (Lipinski definition) is 1. The van der Waals surface area contributed by atoms with Crippen molar-refractivity contribution in [2.24, 2.45) is 4.99 Å². The van der Waals surface area contributed by atoms with Crippen LogP contribution in [0.2, 0.25) is 0 Å². The van der Waals surface area contributed by atoms with Crippen molar-refractivity contribution in [3.05, 3.63) is 43.0 Å². The van der Waals surface area contributed by atoms with Crippen LogP contribution in [0, 0.1) is 0 Å². The number of likely N-dealkylation sites (N-methyl/N-ethyl adjacent to an activating group) is 1. The van der Waals surface area contributed by atoms with E-state index in [-0.39, 0.29) is 24.0 Å². The summed E-state index contributed by atoms with van der Waals surface area (Å²) in [6.07, 6.45) is 1.92. The van der Waals surface area contributed by atoms with Crippen molar-refractivity contribution >= 4 is 41.7 Å². The molecule has 1 N–H and O–H groups in total. The van der Waals surface area contributed by atoms with Crippen LogP contribution >= 0.6 is 35.7 Å². The Morgan fingerprint density at radius 3 is 2.77 bits per heavy atom. The Kier molecular flexibility index (Phi) is 13.2. The fourth-order valence-electron chi connectivity index (χ4n) is 1.71. The van der Waals surface area contributed by atoms with E-state index in [0.717, 1.165) is 36.3 Å². The van der Waals surface area contributed by atoms with Gasteiger partial charge in [-0.25, -0.2) is 0 Å². The summed E-state index contributed by atoms with van der Waals surface area (Å²) in [6, 6.07) is 9.85. The Labute approximate surface area is 155 Å². The minimum atomic E-state index is 0. The van der Waals surface area contributed by atoms with Crippen LogP contribution in [0.3, 0.4) is 0 Å². The van der Waals surface area contributed by atoms with Crippen molar-refractivity contribution in [3.63, 3.8) is 0 Å². The number of guanidine groups is 1. The number of nitrogens with one attached hydrogen (secondary N) is 1. The van der Waals surface area contributed by atoms with Gasteiger partial charge in [-0.15, -0.1) is 30.6 Å². The van der Waals surface area contributed by atoms with E-state index in [4.69, 9.17) is 4.74 Å². The highest BCUT2D eigenvalue weighted by Crippen LogP contribution is 2.07. The van der Waals surface area contributed by atoms with Crippen molar-refractivity contribution in [3.8, 4) is 5.75 Å². The lowest BCUT2D eigenvalue weighted by Crippen LogP contribution is -2.41. The van der Waals surface area contributed by atoms with Gasteiger partial charge in [-0.05, 0) is 12.1 Å². The van der Waals surface area contributed by atoms with Crippen molar-refractivity contribution in [1.29, 1.82) is 0 Å². The van der Waals surface area contributed by atoms with Crippen LogP contribution in [0.5, 0.6) is 5.75 Å². The zero-order chi connectivity index (χ0) is 15.3. The number of para-hydroxylation sites is 1. The summed E-state index contributed by atoms with van der Waals surface area (Å²) in [4.78, 5) is 6.35. The first kappa shape index (κ1) is 21.1. The minimum Gasteiger partial charge on any atom is -0.492 e. The molecular weight excluding hydrogens is 409 g/mol. The molecule has 0 fully saturated rings. The predicted octanol–water partition coefficient (Wildman–Crippen LogP) is 3.11. The first-order chi connectivity index (χ1) is 10.3. The summed E-state index contributed by atoms with van der Waals surface area (Å²) in [5.74, 6) is 3.82. The summed E-state index contributed by atoms with van der Waals surface area (Å²) in [5.41, 5.74) is 0. The molecule has 0 aliphatic carbocycles. The molecule has 124 valence electrons. The topological polar surface area (TPSA) is 36.9 Å². The Bertz CT molecular complexity index is 429. The molecule has 0 saturated heterocycles. The minimum absolute atomic E-state index is 0. The fourth-order valence-corrected chi connectivity index (χ4v) is 2.29. The molecular formula is C16H26IN3OS. The molecule has 0 bridgehead atoms. The van der Waals surface area contributed by atoms with Gasteiger partial charge in [0.1, 0.15) is 12.4 Å². The average molecular weight is 435 g/mol. The summed E-state index contributed by atoms with van der Waals surface area (Å²) in [6.45, 7) is 6.02. The van der Waals surface area contributed by atoms with Gasteiger partial charge in [0.05, 0.1) is 6.54 Å². The van der Waals surface area contributed by atoms with Crippen LogP contribution in [-0.2, 0) is 0 Å². The van der Waals surface area contributed by atoms with Gasteiger partial charge in [0, 0.05) is 32.1 Å². The first-order valence-corrected chi connectivity index (χ1v) is 8.21. The maximum absolute atomic E-state index is 5.69. The molecule has 22 heavy (non-hydrogen) atoms. The number of rotatable bonds is 9. The van der Waals surface area contributed by atoms with Crippen LogP contribution < -0.4 is 10.1 Å². The van der Waals surface area contributed by atoms with E-state index >= 15 is 0 Å². The Hall–Kier alpha value is -0.890. The van der Waals surface area contributed by atoms with E-state index in [9.17, 15) is 0 Å². The standard InChI is InChI=1S/C16H25N3OS.HI/c1-4-13-21-14-10-18-16(17-2)19(3)11-12-20-15-8-6-5-7-9-15;/h4-9H,1,10-14H2,2-3H3,(H,17,18);1H. The van der Waals surface area contributed by atoms with Gasteiger partial charge in [0.15, 0.2) is 5.96 Å². The molecule has 1 rings (SSSR count). The second kappa shape index (κ2) is 13.8. The van der Waals surface area contributed by atoms with Crippen LogP contribution in [0.25, 0.3) is 0 Å². The van der Waals surface area contributed by atoms with Crippen molar-refractivity contribution in [2.75, 3.05) is 45.3 Å². The monoisotopic (exact) mass is 435 g/mol. The van der Waals surface area contributed by atoms with E-state index in [1.807, 2.05) is 55.2 Å². The highest BCUT2D eigenvalue weighted by molar-refractivity contribution is 14.0. The normalized spacial score (nSPS) is 10.5. The molecule has 0 amide bonds. The molecule has 0 aliphatic rings. The molecule has 1 aromatic carbocycles. The third-order valence-corrected chi connectivity index (χ3v) is 3.74. The molecule has 0 spiro atoms. The number of nitrogens with zero attached hydrogens (tertiary/aromatic N) is 2. The molecule has 0 aliphatic heterocycles. The molecule has 0 unspecified atom stereocenters. The molecule has 4 nitrogen and oxygen atoms in total. The van der Waals surface area contributed by atoms with Gasteiger partial charge in [0.2, 0.25) is 0 Å². The van der Waals surface area contributed by atoms with Crippen molar-refractivity contribution < 1.29 is 4.74 Å². The summed E-state index contributed by atoms with van der Waals surface area (Å²) in [5, 5.41) is 3.34. The number of aliphatic imine (C=N–C) groups is 1. The lowest BCUT2D eigenvalue weighted by molar-refractivity contribution is 0.281. The molecule has 0 saturated carbocycles. The van der Waals surface area contributed by atoms with Gasteiger partial charge in [-0.2, -0.15) is 11.8 Å².